The molecule has 1 amide bonds. The van der Waals surface area contributed by atoms with E-state index in [4.69, 9.17) is 9.26 Å². The Balaban J connectivity index is 1.61. The molecule has 0 unspecified atom stereocenters. The maximum Gasteiger partial charge on any atom is 0.277 e. The molecule has 0 aliphatic heterocycles. The monoisotopic (exact) mass is 344 g/mol. The fourth-order valence-corrected chi connectivity index (χ4v) is 2.71. The van der Waals surface area contributed by atoms with Gasteiger partial charge in [-0.15, -0.1) is 11.3 Å². The molecule has 0 atom stereocenters. The highest BCUT2D eigenvalue weighted by molar-refractivity contribution is 7.13. The Morgan fingerprint density at radius 3 is 2.71 bits per heavy atom. The molecule has 2 aromatic heterocycles. The zero-order valence-corrected chi connectivity index (χ0v) is 14.0. The van der Waals surface area contributed by atoms with Gasteiger partial charge in [0.15, 0.2) is 16.6 Å². The van der Waals surface area contributed by atoms with Gasteiger partial charge in [0.1, 0.15) is 6.61 Å². The quantitative estimate of drug-likeness (QED) is 0.710. The second-order valence-electron chi connectivity index (χ2n) is 5.06. The van der Waals surface area contributed by atoms with Crippen LogP contribution in [0.2, 0.25) is 0 Å². The second kappa shape index (κ2) is 7.24. The number of nitrogens with one attached hydrogen (secondary N) is 2. The largest absolute Gasteiger partial charge is 0.377 e. The molecule has 3 rings (SSSR count). The highest BCUT2D eigenvalue weighted by Gasteiger charge is 2.12. The van der Waals surface area contributed by atoms with Crippen LogP contribution in [0.4, 0.5) is 16.5 Å². The molecule has 2 N–H and O–H groups in total. The molecule has 2 heterocycles. The molecule has 3 aromatic rings. The number of hydrogen-bond donors (Lipinski definition) is 2. The number of methoxy groups -OCH3 is 1. The van der Waals surface area contributed by atoms with Crippen LogP contribution >= 0.6 is 11.3 Å². The maximum absolute atomic E-state index is 12.1. The zero-order chi connectivity index (χ0) is 16.9. The molecule has 0 aliphatic rings. The minimum atomic E-state index is -0.336. The van der Waals surface area contributed by atoms with Crippen molar-refractivity contribution in [3.05, 3.63) is 52.9 Å². The van der Waals surface area contributed by atoms with E-state index < -0.39 is 0 Å². The summed E-state index contributed by atoms with van der Waals surface area (Å²) in [7, 11) is 1.55. The molecule has 0 saturated heterocycles. The molecular weight excluding hydrogens is 328 g/mol. The van der Waals surface area contributed by atoms with Crippen LogP contribution in [0.1, 0.15) is 21.9 Å². The van der Waals surface area contributed by atoms with E-state index in [0.29, 0.717) is 11.4 Å². The number of hydrogen-bond acceptors (Lipinski definition) is 7. The van der Waals surface area contributed by atoms with E-state index in [1.807, 2.05) is 24.4 Å². The molecule has 24 heavy (non-hydrogen) atoms. The fourth-order valence-electron chi connectivity index (χ4n) is 2.00. The third-order valence-corrected chi connectivity index (χ3v) is 3.97. The van der Waals surface area contributed by atoms with E-state index >= 15 is 0 Å². The van der Waals surface area contributed by atoms with Gasteiger partial charge in [0.2, 0.25) is 0 Å². The Labute approximate surface area is 142 Å². The summed E-state index contributed by atoms with van der Waals surface area (Å²) in [5.74, 6) is 0.165. The lowest BCUT2D eigenvalue weighted by Crippen LogP contribution is -2.12. The van der Waals surface area contributed by atoms with Gasteiger partial charge in [-0.05, 0) is 31.2 Å². The first-order valence-corrected chi connectivity index (χ1v) is 8.07. The second-order valence-corrected chi connectivity index (χ2v) is 5.92. The van der Waals surface area contributed by atoms with Crippen molar-refractivity contribution in [3.63, 3.8) is 0 Å². The van der Waals surface area contributed by atoms with Crippen molar-refractivity contribution in [3.8, 4) is 0 Å². The number of aryl methyl sites for hydroxylation is 1. The van der Waals surface area contributed by atoms with Crippen LogP contribution < -0.4 is 10.6 Å². The average Bonchev–Trinajstić information content (AvgIpc) is 3.19. The summed E-state index contributed by atoms with van der Waals surface area (Å²) in [4.78, 5) is 16.5. The van der Waals surface area contributed by atoms with E-state index in [2.05, 4.69) is 20.8 Å². The number of nitrogens with zero attached hydrogens (tertiary/aromatic N) is 2. The van der Waals surface area contributed by atoms with Crippen molar-refractivity contribution in [2.45, 2.75) is 13.5 Å². The van der Waals surface area contributed by atoms with Gasteiger partial charge in [0.05, 0.1) is 5.69 Å². The summed E-state index contributed by atoms with van der Waals surface area (Å²) in [5, 5.41) is 12.5. The molecule has 0 bridgehead atoms. The van der Waals surface area contributed by atoms with E-state index in [1.54, 1.807) is 36.6 Å². The normalized spacial score (nSPS) is 10.6. The van der Waals surface area contributed by atoms with Crippen LogP contribution in [-0.4, -0.2) is 23.2 Å². The smallest absolute Gasteiger partial charge is 0.277 e. The van der Waals surface area contributed by atoms with Gasteiger partial charge in [-0.2, -0.15) is 0 Å². The first-order chi connectivity index (χ1) is 11.6. The maximum atomic E-state index is 12.1. The predicted molar refractivity (Wildman–Crippen MR) is 91.7 cm³/mol. The van der Waals surface area contributed by atoms with Crippen molar-refractivity contribution in [1.29, 1.82) is 0 Å². The molecule has 0 spiro atoms. The standard InChI is InChI=1S/C16H16N4O3S/c1-10-9-24-16(17-10)19-12-5-3-11(4-6-12)18-15(21)14-7-13(8-22-2)23-20-14/h3-7,9H,8H2,1-2H3,(H,17,19)(H,18,21). The van der Waals surface area contributed by atoms with Gasteiger partial charge in [0.25, 0.3) is 5.91 Å². The van der Waals surface area contributed by atoms with Crippen LogP contribution in [0.5, 0.6) is 0 Å². The number of carbonyl (C=O) groups is 1. The fraction of sp³-hybridized carbons (Fsp3) is 0.188. The van der Waals surface area contributed by atoms with Crippen LogP contribution in [-0.2, 0) is 11.3 Å². The number of benzene rings is 1. The highest BCUT2D eigenvalue weighted by Crippen LogP contribution is 2.22. The lowest BCUT2D eigenvalue weighted by molar-refractivity contribution is 0.101. The number of anilines is 3. The van der Waals surface area contributed by atoms with E-state index in [1.165, 1.54) is 0 Å². The summed E-state index contributed by atoms with van der Waals surface area (Å²) in [6.07, 6.45) is 0. The molecular formula is C16H16N4O3S. The van der Waals surface area contributed by atoms with Gasteiger partial charge in [-0.1, -0.05) is 5.16 Å². The average molecular weight is 344 g/mol. The molecule has 0 fully saturated rings. The van der Waals surface area contributed by atoms with Gasteiger partial charge >= 0.3 is 0 Å². The zero-order valence-electron chi connectivity index (χ0n) is 13.2. The minimum absolute atomic E-state index is 0.211. The van der Waals surface area contributed by atoms with Gasteiger partial charge < -0.3 is 19.9 Å². The Morgan fingerprint density at radius 1 is 1.29 bits per heavy atom. The number of rotatable bonds is 6. The van der Waals surface area contributed by atoms with Crippen molar-refractivity contribution in [2.75, 3.05) is 17.7 Å². The summed E-state index contributed by atoms with van der Waals surface area (Å²) < 4.78 is 9.93. The molecule has 0 radical (unpaired) electrons. The van der Waals surface area contributed by atoms with Crippen molar-refractivity contribution < 1.29 is 14.1 Å². The van der Waals surface area contributed by atoms with Crippen LogP contribution in [0, 0.1) is 6.92 Å². The first kappa shape index (κ1) is 16.2. The summed E-state index contributed by atoms with van der Waals surface area (Å²) >= 11 is 1.54. The number of ether oxygens (including phenoxy) is 1. The predicted octanol–water partition coefficient (Wildman–Crippen LogP) is 3.58. The summed E-state index contributed by atoms with van der Waals surface area (Å²) in [6, 6.07) is 8.89. The van der Waals surface area contributed by atoms with Crippen molar-refractivity contribution in [1.82, 2.24) is 10.1 Å². The van der Waals surface area contributed by atoms with Crippen molar-refractivity contribution >= 4 is 33.8 Å². The highest BCUT2D eigenvalue weighted by atomic mass is 32.1. The van der Waals surface area contributed by atoms with Crippen LogP contribution in [0.3, 0.4) is 0 Å². The third-order valence-electron chi connectivity index (χ3n) is 3.09. The molecule has 0 aliphatic carbocycles. The molecule has 7 nitrogen and oxygen atoms in total. The van der Waals surface area contributed by atoms with E-state index in [9.17, 15) is 4.79 Å². The topological polar surface area (TPSA) is 89.3 Å². The van der Waals surface area contributed by atoms with Crippen LogP contribution in [0.25, 0.3) is 0 Å². The van der Waals surface area contributed by atoms with Crippen LogP contribution in [0.15, 0.2) is 40.2 Å². The van der Waals surface area contributed by atoms with Crippen molar-refractivity contribution in [2.24, 2.45) is 0 Å². The SMILES string of the molecule is COCc1cc(C(=O)Nc2ccc(Nc3nc(C)cs3)cc2)no1. The molecule has 0 saturated carbocycles. The third kappa shape index (κ3) is 3.98. The number of amides is 1. The molecule has 1 aromatic carbocycles. The van der Waals surface area contributed by atoms with Gasteiger partial charge in [0, 0.05) is 29.9 Å². The lowest BCUT2D eigenvalue weighted by atomic mass is 10.2. The summed E-state index contributed by atoms with van der Waals surface area (Å²) in [5.41, 5.74) is 2.75. The van der Waals surface area contributed by atoms with E-state index in [-0.39, 0.29) is 18.2 Å². The first-order valence-electron chi connectivity index (χ1n) is 7.19. The number of carbonyl (C=O) groups excluding carboxylic acids is 1. The number of thiazole rings is 1. The number of aromatic nitrogens is 2. The minimum Gasteiger partial charge on any atom is -0.377 e. The van der Waals surface area contributed by atoms with Gasteiger partial charge in [-0.3, -0.25) is 4.79 Å². The Kier molecular flexibility index (Phi) is 4.88. The van der Waals surface area contributed by atoms with E-state index in [0.717, 1.165) is 16.5 Å². The summed E-state index contributed by atoms with van der Waals surface area (Å²) in [6.45, 7) is 2.22. The molecule has 8 heteroatoms. The Morgan fingerprint density at radius 2 is 2.04 bits per heavy atom. The Bertz CT molecular complexity index is 826. The lowest BCUT2D eigenvalue weighted by Gasteiger charge is -2.05. The Hall–Kier alpha value is -2.71. The van der Waals surface area contributed by atoms with Gasteiger partial charge in [-0.25, -0.2) is 4.98 Å². The molecule has 124 valence electrons.